The quantitative estimate of drug-likeness (QED) is 0.0928. The number of hydroxylamine groups is 1. The predicted molar refractivity (Wildman–Crippen MR) is 197 cm³/mol. The van der Waals surface area contributed by atoms with Crippen LogP contribution in [0.3, 0.4) is 0 Å². The molecule has 36 nitrogen and oxygen atoms in total. The Balaban J connectivity index is -0.000000205. The SMILES string of the molecule is C1COCCOCNOCCOCCO1.O=P(O)(O)CP(=O)(O)O.O=P(O)(O)CP(=O)(O)O.O=P(O)(O)CP(=O)(O)O.O=P(O)(O)CP(=O)(O)O.O=P(O)(O)CP(=O)(O)O. The standard InChI is InChI=1S/C9H19NO5.5CH6O6P2/c1-2-12-5-6-14-9-10-15-8-7-13-4-3-11-1;5*2-8(3,4)1-9(5,6)7/h10H,1-9H2;5*1H2,(H2,2,3,4)(H2,5,6,7). The Morgan fingerprint density at radius 2 is 0.417 bits per heavy atom. The van der Waals surface area contributed by atoms with Crippen molar-refractivity contribution in [2.24, 2.45) is 0 Å². The van der Waals surface area contributed by atoms with Gasteiger partial charge >= 0.3 is 76.0 Å². The average Bonchev–Trinajstić information content (AvgIpc) is 2.84. The molecular formula is C14H49NO35P10. The van der Waals surface area contributed by atoms with E-state index in [1.54, 1.807) is 0 Å². The van der Waals surface area contributed by atoms with Crippen LogP contribution in [0.4, 0.5) is 0 Å². The van der Waals surface area contributed by atoms with Gasteiger partial charge in [0.1, 0.15) is 6.73 Å². The zero-order valence-corrected chi connectivity index (χ0v) is 38.9. The van der Waals surface area contributed by atoms with Gasteiger partial charge in [0.2, 0.25) is 0 Å². The van der Waals surface area contributed by atoms with E-state index in [9.17, 15) is 45.7 Å². The molecule has 0 bridgehead atoms. The molecule has 1 heterocycles. The topological polar surface area (TPSA) is 633 Å². The van der Waals surface area contributed by atoms with E-state index in [0.29, 0.717) is 59.6 Å². The van der Waals surface area contributed by atoms with Gasteiger partial charge in [-0.05, 0) is 0 Å². The summed E-state index contributed by atoms with van der Waals surface area (Å²) in [6.07, 6.45) is 0. The fourth-order valence-electron chi connectivity index (χ4n) is 2.19. The van der Waals surface area contributed by atoms with Crippen molar-refractivity contribution in [2.75, 3.05) is 89.1 Å². The molecule has 46 heteroatoms. The highest BCUT2D eigenvalue weighted by Crippen LogP contribution is 2.54. The van der Waals surface area contributed by atoms with Gasteiger partial charge in [-0.15, -0.1) is 0 Å². The Bertz CT molecular complexity index is 1220. The molecule has 1 aliphatic rings. The summed E-state index contributed by atoms with van der Waals surface area (Å²) in [5, 5.41) is 0. The molecule has 1 saturated heterocycles. The van der Waals surface area contributed by atoms with E-state index in [2.05, 4.69) is 5.48 Å². The first-order chi connectivity index (χ1) is 26.0. The van der Waals surface area contributed by atoms with E-state index in [0.717, 1.165) is 0 Å². The molecule has 0 aromatic heterocycles. The zero-order valence-electron chi connectivity index (χ0n) is 29.9. The summed E-state index contributed by atoms with van der Waals surface area (Å²) < 4.78 is 119. The summed E-state index contributed by atoms with van der Waals surface area (Å²) >= 11 is 0. The summed E-state index contributed by atoms with van der Waals surface area (Å²) in [6, 6.07) is 0. The summed E-state index contributed by atoms with van der Waals surface area (Å²) in [6.45, 7) is 4.89. The van der Waals surface area contributed by atoms with Gasteiger partial charge in [0.05, 0.1) is 52.9 Å². The van der Waals surface area contributed by atoms with E-state index < -0.39 is 105 Å². The first kappa shape index (κ1) is 70.3. The maximum absolute atomic E-state index is 9.85. The first-order valence-corrected chi connectivity index (χ1v) is 32.1. The lowest BCUT2D eigenvalue weighted by atomic mass is 10.7. The molecule has 0 unspecified atom stereocenters. The average molecular weight is 1100 g/mol. The molecule has 0 amide bonds. The third-order valence-corrected chi connectivity index (χ3v) is 18.3. The summed E-state index contributed by atoms with van der Waals surface area (Å²) in [5.74, 6) is -6.88. The minimum atomic E-state index is -4.55. The molecule has 0 aliphatic carbocycles. The molecule has 0 saturated carbocycles. The number of nitrogens with one attached hydrogen (secondary N) is 1. The van der Waals surface area contributed by atoms with Crippen LogP contribution in [0.15, 0.2) is 0 Å². The second-order valence-electron chi connectivity index (χ2n) is 10.2. The van der Waals surface area contributed by atoms with E-state index in [1.165, 1.54) is 0 Å². The Morgan fingerprint density at radius 1 is 0.267 bits per heavy atom. The van der Waals surface area contributed by atoms with Crippen LogP contribution in [-0.2, 0) is 69.4 Å². The Labute approximate surface area is 337 Å². The highest BCUT2D eigenvalue weighted by molar-refractivity contribution is 7.71. The maximum Gasteiger partial charge on any atom is 0.337 e. The van der Waals surface area contributed by atoms with Gasteiger partial charge in [0.15, 0.2) is 29.5 Å². The first-order valence-electron chi connectivity index (χ1n) is 14.1. The van der Waals surface area contributed by atoms with Gasteiger partial charge in [0, 0.05) is 0 Å². The van der Waals surface area contributed by atoms with E-state index >= 15 is 0 Å². The molecule has 1 aliphatic heterocycles. The fraction of sp³-hybridized carbons (Fsp3) is 1.00. The summed E-state index contributed by atoms with van der Waals surface area (Å²) in [4.78, 5) is 164. The summed E-state index contributed by atoms with van der Waals surface area (Å²) in [5.41, 5.74) is 2.67. The largest absolute Gasteiger partial charge is 0.377 e. The minimum Gasteiger partial charge on any atom is -0.377 e. The minimum absolute atomic E-state index is 0.361. The molecule has 60 heavy (non-hydrogen) atoms. The van der Waals surface area contributed by atoms with Gasteiger partial charge in [-0.25, -0.2) is 0 Å². The lowest BCUT2D eigenvalue weighted by Crippen LogP contribution is -2.22. The molecule has 1 fully saturated rings. The van der Waals surface area contributed by atoms with Crippen LogP contribution in [0, 0.1) is 0 Å². The van der Waals surface area contributed by atoms with Crippen molar-refractivity contribution in [1.29, 1.82) is 0 Å². The molecule has 370 valence electrons. The maximum atomic E-state index is 9.85. The third kappa shape index (κ3) is 94.0. The fourth-order valence-corrected chi connectivity index (χ4v) is 11.8. The molecule has 0 atom stereocenters. The number of rotatable bonds is 10. The highest BCUT2D eigenvalue weighted by atomic mass is 31.3. The predicted octanol–water partition coefficient (Wildman–Crippen LogP) is -3.96. The zero-order chi connectivity index (χ0) is 49.1. The third-order valence-electron chi connectivity index (χ3n) is 3.55. The van der Waals surface area contributed by atoms with Crippen molar-refractivity contribution >= 4 is 76.0 Å². The van der Waals surface area contributed by atoms with Gasteiger partial charge in [0.25, 0.3) is 0 Å². The molecule has 21 N–H and O–H groups in total. The van der Waals surface area contributed by atoms with E-state index in [1.807, 2.05) is 0 Å². The van der Waals surface area contributed by atoms with Crippen LogP contribution in [0.5, 0.6) is 0 Å². The number of hydrogen-bond donors (Lipinski definition) is 21. The van der Waals surface area contributed by atoms with Crippen molar-refractivity contribution < 1.29 is 167 Å². The molecule has 0 radical (unpaired) electrons. The van der Waals surface area contributed by atoms with Crippen LogP contribution in [0.2, 0.25) is 0 Å². The van der Waals surface area contributed by atoms with Gasteiger partial charge in [-0.3, -0.25) is 50.5 Å². The lowest BCUT2D eigenvalue weighted by molar-refractivity contribution is -0.0597. The Morgan fingerprint density at radius 3 is 0.567 bits per heavy atom. The van der Waals surface area contributed by atoms with Crippen molar-refractivity contribution in [1.82, 2.24) is 5.48 Å². The highest BCUT2D eigenvalue weighted by Gasteiger charge is 2.29. The Kier molecular flexibility index (Phi) is 37.5. The van der Waals surface area contributed by atoms with Crippen LogP contribution >= 0.6 is 76.0 Å². The van der Waals surface area contributed by atoms with E-state index in [4.69, 9.17) is 122 Å². The van der Waals surface area contributed by atoms with Crippen LogP contribution in [0.25, 0.3) is 0 Å². The van der Waals surface area contributed by atoms with Crippen molar-refractivity contribution in [3.8, 4) is 0 Å². The van der Waals surface area contributed by atoms with Crippen LogP contribution < -0.4 is 5.48 Å². The van der Waals surface area contributed by atoms with Crippen LogP contribution in [0.1, 0.15) is 0 Å². The molecule has 0 aromatic rings. The smallest absolute Gasteiger partial charge is 0.337 e. The number of ether oxygens (including phenoxy) is 4. The lowest BCUT2D eigenvalue weighted by Gasteiger charge is -2.06. The van der Waals surface area contributed by atoms with Gasteiger partial charge < -0.3 is 117 Å². The molecule has 0 aromatic carbocycles. The second kappa shape index (κ2) is 32.0. The van der Waals surface area contributed by atoms with Gasteiger partial charge in [-0.1, -0.05) is 0 Å². The van der Waals surface area contributed by atoms with Gasteiger partial charge in [-0.2, -0.15) is 5.48 Å². The van der Waals surface area contributed by atoms with Crippen molar-refractivity contribution in [3.05, 3.63) is 0 Å². The molecule has 0 spiro atoms. The summed E-state index contributed by atoms with van der Waals surface area (Å²) in [7, 11) is -45.5. The van der Waals surface area contributed by atoms with Crippen molar-refractivity contribution in [2.45, 2.75) is 0 Å². The molecule has 1 rings (SSSR count). The second-order valence-corrected chi connectivity index (χ2v) is 29.2. The molecular weight excluding hydrogens is 1050 g/mol. The van der Waals surface area contributed by atoms with Crippen LogP contribution in [-0.4, -0.2) is 187 Å². The normalized spacial score (nSPS) is 16.3. The Hall–Kier alpha value is 1.26. The monoisotopic (exact) mass is 1100 g/mol. The van der Waals surface area contributed by atoms with E-state index in [-0.39, 0.29) is 0 Å². The van der Waals surface area contributed by atoms with Crippen molar-refractivity contribution in [3.63, 3.8) is 0 Å². The number of hydrogen-bond acceptors (Lipinski definition) is 16.